The van der Waals surface area contributed by atoms with Gasteiger partial charge in [-0.3, -0.25) is 0 Å². The van der Waals surface area contributed by atoms with Gasteiger partial charge in [0.1, 0.15) is 11.9 Å². The number of halogens is 1. The Morgan fingerprint density at radius 1 is 1.28 bits per heavy atom. The van der Waals surface area contributed by atoms with Crippen molar-refractivity contribution in [3.63, 3.8) is 0 Å². The Morgan fingerprint density at radius 2 is 2.00 bits per heavy atom. The Hall–Kier alpha value is -1.29. The maximum Gasteiger partial charge on any atom is 0.133 e. The Morgan fingerprint density at radius 3 is 2.61 bits per heavy atom. The fourth-order valence-corrected chi connectivity index (χ4v) is 1.87. The van der Waals surface area contributed by atoms with Crippen LogP contribution < -0.4 is 5.32 Å². The van der Waals surface area contributed by atoms with Gasteiger partial charge >= 0.3 is 0 Å². The summed E-state index contributed by atoms with van der Waals surface area (Å²) in [7, 11) is 0. The van der Waals surface area contributed by atoms with Crippen molar-refractivity contribution >= 4 is 11.6 Å². The fourth-order valence-electron chi connectivity index (χ4n) is 1.74. The van der Waals surface area contributed by atoms with E-state index in [4.69, 9.17) is 16.0 Å². The molecule has 0 radical (unpaired) electrons. The van der Waals surface area contributed by atoms with Crippen molar-refractivity contribution < 1.29 is 9.52 Å². The smallest absolute Gasteiger partial charge is 0.133 e. The third-order valence-corrected chi connectivity index (χ3v) is 3.11. The Bertz CT molecular complexity index is 467. The van der Waals surface area contributed by atoms with Crippen LogP contribution in [-0.4, -0.2) is 11.7 Å². The van der Waals surface area contributed by atoms with Gasteiger partial charge in [0.05, 0.1) is 6.26 Å². The van der Waals surface area contributed by atoms with E-state index in [9.17, 15) is 5.11 Å². The number of rotatable bonds is 5. The summed E-state index contributed by atoms with van der Waals surface area (Å²) in [6, 6.07) is 11.3. The van der Waals surface area contributed by atoms with Crippen molar-refractivity contribution in [3.05, 3.63) is 59.0 Å². The minimum Gasteiger partial charge on any atom is -0.467 e. The van der Waals surface area contributed by atoms with Crippen molar-refractivity contribution in [2.75, 3.05) is 6.54 Å². The standard InChI is InChI=1S/C14H16ClNO2/c1-10(11-4-6-12(15)7-5-11)16-9-13(17)14-3-2-8-18-14/h2-8,10,13,16-17H,9H2,1H3/t10-,13?/m1/s1. The minimum absolute atomic E-state index is 0.145. The van der Waals surface area contributed by atoms with Crippen molar-refractivity contribution in [1.29, 1.82) is 0 Å². The molecule has 2 N–H and O–H groups in total. The summed E-state index contributed by atoms with van der Waals surface area (Å²) in [6.45, 7) is 2.48. The fraction of sp³-hybridized carbons (Fsp3) is 0.286. The van der Waals surface area contributed by atoms with Crippen LogP contribution in [0.4, 0.5) is 0 Å². The Labute approximate surface area is 111 Å². The molecule has 0 aliphatic carbocycles. The minimum atomic E-state index is -0.630. The first-order valence-corrected chi connectivity index (χ1v) is 6.25. The van der Waals surface area contributed by atoms with E-state index in [1.807, 2.05) is 31.2 Å². The molecule has 0 bridgehead atoms. The van der Waals surface area contributed by atoms with Crippen molar-refractivity contribution in [2.24, 2.45) is 0 Å². The molecule has 0 spiro atoms. The average Bonchev–Trinajstić information content (AvgIpc) is 2.90. The predicted octanol–water partition coefficient (Wildman–Crippen LogP) is 3.32. The molecular formula is C14H16ClNO2. The normalized spacial score (nSPS) is 14.4. The molecule has 0 amide bonds. The van der Waals surface area contributed by atoms with Crippen LogP contribution in [0.5, 0.6) is 0 Å². The summed E-state index contributed by atoms with van der Waals surface area (Å²) < 4.78 is 5.14. The maximum absolute atomic E-state index is 9.87. The lowest BCUT2D eigenvalue weighted by Crippen LogP contribution is -2.24. The van der Waals surface area contributed by atoms with E-state index in [1.54, 1.807) is 18.4 Å². The highest BCUT2D eigenvalue weighted by atomic mass is 35.5. The number of nitrogens with one attached hydrogen (secondary N) is 1. The highest BCUT2D eigenvalue weighted by molar-refractivity contribution is 6.30. The zero-order chi connectivity index (χ0) is 13.0. The number of hydrogen-bond donors (Lipinski definition) is 2. The molecule has 2 rings (SSSR count). The van der Waals surface area contributed by atoms with E-state index in [-0.39, 0.29) is 6.04 Å². The van der Waals surface area contributed by atoms with Gasteiger partial charge in [0.2, 0.25) is 0 Å². The highest BCUT2D eigenvalue weighted by Gasteiger charge is 2.12. The Balaban J connectivity index is 1.88. The maximum atomic E-state index is 9.87. The van der Waals surface area contributed by atoms with Crippen molar-refractivity contribution in [1.82, 2.24) is 5.32 Å². The summed E-state index contributed by atoms with van der Waals surface area (Å²) in [5.41, 5.74) is 1.13. The largest absolute Gasteiger partial charge is 0.467 e. The van der Waals surface area contributed by atoms with Gasteiger partial charge in [-0.25, -0.2) is 0 Å². The molecule has 0 saturated heterocycles. The summed E-state index contributed by atoms with van der Waals surface area (Å²) in [6.07, 6.45) is 0.927. The Kier molecular flexibility index (Phi) is 4.42. The lowest BCUT2D eigenvalue weighted by Gasteiger charge is -2.16. The second-order valence-electron chi connectivity index (χ2n) is 4.21. The first-order chi connectivity index (χ1) is 8.66. The van der Waals surface area contributed by atoms with Crippen LogP contribution in [-0.2, 0) is 0 Å². The molecule has 0 saturated carbocycles. The number of benzene rings is 1. The van der Waals surface area contributed by atoms with Crippen molar-refractivity contribution in [2.45, 2.75) is 19.1 Å². The van der Waals surface area contributed by atoms with Gasteiger partial charge < -0.3 is 14.8 Å². The zero-order valence-electron chi connectivity index (χ0n) is 10.1. The van der Waals surface area contributed by atoms with E-state index in [2.05, 4.69) is 5.32 Å². The van der Waals surface area contributed by atoms with Crippen molar-refractivity contribution in [3.8, 4) is 0 Å². The van der Waals surface area contributed by atoms with E-state index in [0.29, 0.717) is 12.3 Å². The quantitative estimate of drug-likeness (QED) is 0.872. The van der Waals surface area contributed by atoms with Gasteiger partial charge in [-0.05, 0) is 36.8 Å². The van der Waals surface area contributed by atoms with Gasteiger partial charge in [-0.2, -0.15) is 0 Å². The van der Waals surface area contributed by atoms with Gasteiger partial charge in [0.15, 0.2) is 0 Å². The first-order valence-electron chi connectivity index (χ1n) is 5.87. The third kappa shape index (κ3) is 3.35. The first kappa shape index (κ1) is 13.1. The zero-order valence-corrected chi connectivity index (χ0v) is 10.9. The third-order valence-electron chi connectivity index (χ3n) is 2.86. The second kappa shape index (κ2) is 6.05. The molecule has 1 aromatic heterocycles. The molecular weight excluding hydrogens is 250 g/mol. The molecule has 2 aromatic rings. The lowest BCUT2D eigenvalue weighted by atomic mass is 10.1. The number of hydrogen-bond acceptors (Lipinski definition) is 3. The topological polar surface area (TPSA) is 45.4 Å². The van der Waals surface area contributed by atoms with Crippen LogP contribution in [0.3, 0.4) is 0 Å². The van der Waals surface area contributed by atoms with Gasteiger partial charge in [-0.15, -0.1) is 0 Å². The lowest BCUT2D eigenvalue weighted by molar-refractivity contribution is 0.144. The van der Waals surface area contributed by atoms with Crippen LogP contribution >= 0.6 is 11.6 Å². The van der Waals surface area contributed by atoms with Gasteiger partial charge in [-0.1, -0.05) is 23.7 Å². The highest BCUT2D eigenvalue weighted by Crippen LogP contribution is 2.17. The predicted molar refractivity (Wildman–Crippen MR) is 71.5 cm³/mol. The summed E-state index contributed by atoms with van der Waals surface area (Å²) in [4.78, 5) is 0. The summed E-state index contributed by atoms with van der Waals surface area (Å²) >= 11 is 5.84. The SMILES string of the molecule is C[C@@H](NCC(O)c1ccco1)c1ccc(Cl)cc1. The number of furan rings is 1. The second-order valence-corrected chi connectivity index (χ2v) is 4.65. The van der Waals surface area contributed by atoms with E-state index < -0.39 is 6.10 Å². The molecule has 1 unspecified atom stereocenters. The molecule has 96 valence electrons. The van der Waals surface area contributed by atoms with E-state index >= 15 is 0 Å². The molecule has 1 aromatic carbocycles. The molecule has 3 nitrogen and oxygen atoms in total. The molecule has 18 heavy (non-hydrogen) atoms. The molecule has 0 aliphatic heterocycles. The van der Waals surface area contributed by atoms with Crippen LogP contribution in [0.15, 0.2) is 47.1 Å². The monoisotopic (exact) mass is 265 g/mol. The number of aliphatic hydroxyl groups excluding tert-OH is 1. The molecule has 0 fully saturated rings. The van der Waals surface area contributed by atoms with Crippen LogP contribution in [0, 0.1) is 0 Å². The molecule has 1 heterocycles. The van der Waals surface area contributed by atoms with Gasteiger partial charge in [0.25, 0.3) is 0 Å². The molecule has 2 atom stereocenters. The molecule has 4 heteroatoms. The van der Waals surface area contributed by atoms with Crippen LogP contribution in [0.1, 0.15) is 30.4 Å². The number of aliphatic hydroxyl groups is 1. The average molecular weight is 266 g/mol. The summed E-state index contributed by atoms with van der Waals surface area (Å²) in [5, 5.41) is 13.8. The van der Waals surface area contributed by atoms with E-state index in [1.165, 1.54) is 0 Å². The van der Waals surface area contributed by atoms with Crippen LogP contribution in [0.2, 0.25) is 5.02 Å². The van der Waals surface area contributed by atoms with E-state index in [0.717, 1.165) is 10.6 Å². The van der Waals surface area contributed by atoms with Crippen LogP contribution in [0.25, 0.3) is 0 Å². The summed E-state index contributed by atoms with van der Waals surface area (Å²) in [5.74, 6) is 0.575. The molecule has 0 aliphatic rings. The van der Waals surface area contributed by atoms with Gasteiger partial charge in [0, 0.05) is 17.6 Å².